The zero-order valence-corrected chi connectivity index (χ0v) is 21.7. The Morgan fingerprint density at radius 2 is 1.62 bits per heavy atom. The molecule has 0 saturated carbocycles. The van der Waals surface area contributed by atoms with Crippen molar-refractivity contribution in [2.75, 3.05) is 45.0 Å². The van der Waals surface area contributed by atoms with E-state index in [1.807, 2.05) is 37.3 Å². The van der Waals surface area contributed by atoms with E-state index in [0.29, 0.717) is 43.3 Å². The number of alkyl halides is 3. The molecule has 1 saturated heterocycles. The third-order valence-electron chi connectivity index (χ3n) is 5.59. The summed E-state index contributed by atoms with van der Waals surface area (Å²) in [5.74, 6) is -3.06. The van der Waals surface area contributed by atoms with Crippen molar-refractivity contribution >= 4 is 33.5 Å². The summed E-state index contributed by atoms with van der Waals surface area (Å²) in [6.45, 7) is 4.77. The van der Waals surface area contributed by atoms with Crippen molar-refractivity contribution in [2.45, 2.75) is 19.0 Å². The number of carbonyl (C=O) groups is 2. The van der Waals surface area contributed by atoms with E-state index < -0.39 is 22.2 Å². The Balaban J connectivity index is 0.000000604. The first-order valence-electron chi connectivity index (χ1n) is 11.4. The van der Waals surface area contributed by atoms with Crippen molar-refractivity contribution in [3.63, 3.8) is 0 Å². The quantitative estimate of drug-likeness (QED) is 0.509. The van der Waals surface area contributed by atoms with Gasteiger partial charge in [-0.2, -0.15) is 17.5 Å². The first kappa shape index (κ1) is 30.6. The molecule has 0 spiro atoms. The molecule has 13 heteroatoms. The van der Waals surface area contributed by atoms with E-state index in [1.54, 1.807) is 29.2 Å². The van der Waals surface area contributed by atoms with E-state index in [1.165, 1.54) is 4.31 Å². The number of hydrogen-bond acceptors (Lipinski definition) is 5. The first-order chi connectivity index (χ1) is 17.3. The van der Waals surface area contributed by atoms with Gasteiger partial charge in [0.1, 0.15) is 0 Å². The van der Waals surface area contributed by atoms with E-state index in [9.17, 15) is 26.4 Å². The number of carbonyl (C=O) groups excluding carboxylic acids is 1. The fourth-order valence-corrected chi connectivity index (χ4v) is 5.24. The summed E-state index contributed by atoms with van der Waals surface area (Å²) in [5, 5.41) is 10.6. The zero-order chi connectivity index (χ0) is 27.6. The van der Waals surface area contributed by atoms with Crippen molar-refractivity contribution < 1.29 is 36.3 Å². The van der Waals surface area contributed by atoms with E-state index in [0.717, 1.165) is 5.56 Å². The Morgan fingerprint density at radius 1 is 1.08 bits per heavy atom. The Bertz CT molecular complexity index is 1140. The van der Waals surface area contributed by atoms with E-state index in [-0.39, 0.29) is 24.1 Å². The number of carboxylic acids is 1. The highest BCUT2D eigenvalue weighted by Gasteiger charge is 2.38. The number of amides is 1. The molecule has 1 heterocycles. The second-order valence-corrected chi connectivity index (χ2v) is 10.8. The molecule has 1 aliphatic rings. The number of hydrogen-bond donors (Lipinski definition) is 2. The van der Waals surface area contributed by atoms with Crippen molar-refractivity contribution in [3.05, 3.63) is 70.7 Å². The van der Waals surface area contributed by atoms with Gasteiger partial charge in [0.05, 0.1) is 16.3 Å². The number of nitrogens with one attached hydrogen (secondary N) is 1. The largest absolute Gasteiger partial charge is 0.490 e. The smallest absolute Gasteiger partial charge is 0.475 e. The molecule has 1 fully saturated rings. The van der Waals surface area contributed by atoms with Crippen LogP contribution in [-0.2, 0) is 14.8 Å². The standard InChI is InChI=1S/C22H28ClN3O3S.C2HF3O2/c1-18(19-7-3-2-4-8-19)17-25(22(27)20-9-5-6-10-21(20)23)15-16-30(28,29)26-13-11-24-12-14-26;3-2(4,5)1(6)7/h2-10,18,24H,11-17H2,1H3;(H,6,7). The molecular weight excluding hydrogens is 535 g/mol. The van der Waals surface area contributed by atoms with E-state index >= 15 is 0 Å². The number of rotatable bonds is 8. The van der Waals surface area contributed by atoms with Gasteiger partial charge in [0.25, 0.3) is 5.91 Å². The molecular formula is C24H29ClF3N3O5S. The molecule has 2 aromatic rings. The lowest BCUT2D eigenvalue weighted by Crippen LogP contribution is -2.48. The van der Waals surface area contributed by atoms with Gasteiger partial charge in [-0.05, 0) is 23.6 Å². The number of benzene rings is 2. The van der Waals surface area contributed by atoms with Gasteiger partial charge in [-0.15, -0.1) is 0 Å². The van der Waals surface area contributed by atoms with Gasteiger partial charge >= 0.3 is 12.1 Å². The van der Waals surface area contributed by atoms with Crippen LogP contribution >= 0.6 is 11.6 Å². The van der Waals surface area contributed by atoms with Gasteiger partial charge in [0.2, 0.25) is 10.0 Å². The molecule has 0 aliphatic carbocycles. The lowest BCUT2D eigenvalue weighted by molar-refractivity contribution is -0.192. The van der Waals surface area contributed by atoms with Gasteiger partial charge in [-0.1, -0.05) is 61.0 Å². The molecule has 0 aromatic heterocycles. The Kier molecular flexibility index (Phi) is 11.4. The lowest BCUT2D eigenvalue weighted by Gasteiger charge is -2.30. The monoisotopic (exact) mass is 563 g/mol. The molecule has 0 bridgehead atoms. The highest BCUT2D eigenvalue weighted by atomic mass is 35.5. The number of piperazine rings is 1. The van der Waals surface area contributed by atoms with E-state index in [4.69, 9.17) is 21.5 Å². The van der Waals surface area contributed by atoms with Crippen LogP contribution in [-0.4, -0.2) is 85.8 Å². The fourth-order valence-electron chi connectivity index (χ4n) is 3.58. The average Bonchev–Trinajstić information content (AvgIpc) is 2.87. The van der Waals surface area contributed by atoms with Crippen LogP contribution in [0.5, 0.6) is 0 Å². The molecule has 2 aromatic carbocycles. The maximum absolute atomic E-state index is 13.2. The van der Waals surface area contributed by atoms with Crippen molar-refractivity contribution in [1.29, 1.82) is 0 Å². The molecule has 0 radical (unpaired) electrons. The number of aliphatic carboxylic acids is 1. The van der Waals surface area contributed by atoms with Crippen LogP contribution in [0.2, 0.25) is 5.02 Å². The summed E-state index contributed by atoms with van der Waals surface area (Å²) in [7, 11) is -3.44. The minimum Gasteiger partial charge on any atom is -0.475 e. The van der Waals surface area contributed by atoms with Gasteiger partial charge in [-0.25, -0.2) is 13.2 Å². The van der Waals surface area contributed by atoms with Gasteiger partial charge in [0.15, 0.2) is 0 Å². The summed E-state index contributed by atoms with van der Waals surface area (Å²) < 4.78 is 58.9. The molecule has 204 valence electrons. The molecule has 1 aliphatic heterocycles. The zero-order valence-electron chi connectivity index (χ0n) is 20.1. The Labute approximate surface area is 219 Å². The summed E-state index contributed by atoms with van der Waals surface area (Å²) >= 11 is 6.25. The van der Waals surface area contributed by atoms with Crippen LogP contribution in [0.4, 0.5) is 13.2 Å². The van der Waals surface area contributed by atoms with Crippen LogP contribution in [0.15, 0.2) is 54.6 Å². The van der Waals surface area contributed by atoms with Crippen LogP contribution in [0.25, 0.3) is 0 Å². The maximum Gasteiger partial charge on any atom is 0.490 e. The van der Waals surface area contributed by atoms with Crippen LogP contribution < -0.4 is 5.32 Å². The maximum atomic E-state index is 13.2. The number of nitrogens with zero attached hydrogens (tertiary/aromatic N) is 2. The average molecular weight is 564 g/mol. The third kappa shape index (κ3) is 9.62. The van der Waals surface area contributed by atoms with Crippen LogP contribution in [0, 0.1) is 0 Å². The Hall–Kier alpha value is -2.67. The molecule has 1 amide bonds. The molecule has 3 rings (SSSR count). The first-order valence-corrected chi connectivity index (χ1v) is 13.4. The summed E-state index contributed by atoms with van der Waals surface area (Å²) in [6, 6.07) is 16.8. The van der Waals surface area contributed by atoms with Crippen LogP contribution in [0.1, 0.15) is 28.8 Å². The summed E-state index contributed by atoms with van der Waals surface area (Å²) in [4.78, 5) is 23.8. The van der Waals surface area contributed by atoms with Crippen LogP contribution in [0.3, 0.4) is 0 Å². The number of carboxylic acid groups (broad SMARTS) is 1. The van der Waals surface area contributed by atoms with Gasteiger partial charge < -0.3 is 15.3 Å². The summed E-state index contributed by atoms with van der Waals surface area (Å²) in [5.41, 5.74) is 1.48. The summed E-state index contributed by atoms with van der Waals surface area (Å²) in [6.07, 6.45) is -5.08. The minimum atomic E-state index is -5.08. The second-order valence-electron chi connectivity index (χ2n) is 8.31. The second kappa shape index (κ2) is 13.8. The van der Waals surface area contributed by atoms with Gasteiger partial charge in [0, 0.05) is 39.3 Å². The number of sulfonamides is 1. The highest BCUT2D eigenvalue weighted by Crippen LogP contribution is 2.21. The topological polar surface area (TPSA) is 107 Å². The predicted octanol–water partition coefficient (Wildman–Crippen LogP) is 3.45. The van der Waals surface area contributed by atoms with Gasteiger partial charge in [-0.3, -0.25) is 4.79 Å². The molecule has 8 nitrogen and oxygen atoms in total. The third-order valence-corrected chi connectivity index (χ3v) is 7.77. The normalized spacial score (nSPS) is 15.3. The predicted molar refractivity (Wildman–Crippen MR) is 134 cm³/mol. The SMILES string of the molecule is CC(CN(CCS(=O)(=O)N1CCNCC1)C(=O)c1ccccc1Cl)c1ccccc1.O=C(O)C(F)(F)F. The van der Waals surface area contributed by atoms with Crippen molar-refractivity contribution in [1.82, 2.24) is 14.5 Å². The van der Waals surface area contributed by atoms with Crippen molar-refractivity contribution in [2.24, 2.45) is 0 Å². The fraction of sp³-hybridized carbons (Fsp3) is 0.417. The van der Waals surface area contributed by atoms with Crippen molar-refractivity contribution in [3.8, 4) is 0 Å². The molecule has 37 heavy (non-hydrogen) atoms. The lowest BCUT2D eigenvalue weighted by atomic mass is 10.0. The van der Waals surface area contributed by atoms with E-state index in [2.05, 4.69) is 5.32 Å². The minimum absolute atomic E-state index is 0.0551. The molecule has 1 atom stereocenters. The number of halogens is 4. The Morgan fingerprint density at radius 3 is 2.16 bits per heavy atom. The molecule has 2 N–H and O–H groups in total. The molecule has 1 unspecified atom stereocenters. The highest BCUT2D eigenvalue weighted by molar-refractivity contribution is 7.89.